The molecule has 0 aliphatic heterocycles. The molecule has 24 heavy (non-hydrogen) atoms. The van der Waals surface area contributed by atoms with Gasteiger partial charge in [0.2, 0.25) is 0 Å². The molecule has 5 heteroatoms. The zero-order valence-corrected chi connectivity index (χ0v) is 13.8. The van der Waals surface area contributed by atoms with Crippen LogP contribution in [0.15, 0.2) is 55.4 Å². The first kappa shape index (κ1) is 20.8. The van der Waals surface area contributed by atoms with Gasteiger partial charge in [0.15, 0.2) is 6.29 Å². The number of aromatic nitrogens is 2. The SMILES string of the molecule is C=CC=O.Cc1ccc(/C=C/C=O)nc1.Cc1ccc(C=O)nc1. The summed E-state index contributed by atoms with van der Waals surface area (Å²) in [4.78, 5) is 36.9. The van der Waals surface area contributed by atoms with Crippen LogP contribution in [0.4, 0.5) is 0 Å². The third kappa shape index (κ3) is 10.5. The van der Waals surface area contributed by atoms with Crippen LogP contribution < -0.4 is 0 Å². The zero-order valence-electron chi connectivity index (χ0n) is 13.8. The van der Waals surface area contributed by atoms with Crippen LogP contribution in [0.5, 0.6) is 0 Å². The predicted molar refractivity (Wildman–Crippen MR) is 94.7 cm³/mol. The van der Waals surface area contributed by atoms with Crippen molar-refractivity contribution in [1.82, 2.24) is 9.97 Å². The van der Waals surface area contributed by atoms with E-state index < -0.39 is 0 Å². The molecule has 0 atom stereocenters. The molecule has 2 rings (SSSR count). The summed E-state index contributed by atoms with van der Waals surface area (Å²) < 4.78 is 0. The van der Waals surface area contributed by atoms with Crippen molar-refractivity contribution in [3.05, 3.63) is 77.9 Å². The number of pyridine rings is 2. The molecule has 0 amide bonds. The standard InChI is InChI=1S/C9H9NO.C7H7NO.C3H4O/c1-8-4-5-9(10-7-8)3-2-6-11;1-6-2-3-7(5-9)8-4-6;1-2-3-4/h2-7H,1H3;2-5H,1H3;2-3H,1H2/b3-2+;;. The van der Waals surface area contributed by atoms with Crippen molar-refractivity contribution in [3.8, 4) is 0 Å². The number of rotatable bonds is 4. The molecular formula is C19H20N2O3. The fraction of sp³-hybridized carbons (Fsp3) is 0.105. The lowest BCUT2D eigenvalue weighted by Gasteiger charge is -1.91. The van der Waals surface area contributed by atoms with Crippen LogP contribution >= 0.6 is 0 Å². The van der Waals surface area contributed by atoms with Crippen molar-refractivity contribution >= 4 is 24.9 Å². The largest absolute Gasteiger partial charge is 0.299 e. The van der Waals surface area contributed by atoms with Crippen molar-refractivity contribution in [2.75, 3.05) is 0 Å². The summed E-state index contributed by atoms with van der Waals surface area (Å²) in [5, 5.41) is 0. The van der Waals surface area contributed by atoms with E-state index in [0.29, 0.717) is 12.0 Å². The average molecular weight is 324 g/mol. The number of allylic oxidation sites excluding steroid dienone is 2. The fourth-order valence-electron chi connectivity index (χ4n) is 1.26. The molecule has 2 aromatic rings. The van der Waals surface area contributed by atoms with Gasteiger partial charge in [0, 0.05) is 12.4 Å². The maximum Gasteiger partial charge on any atom is 0.168 e. The van der Waals surface area contributed by atoms with Crippen LogP contribution in [0.1, 0.15) is 27.3 Å². The van der Waals surface area contributed by atoms with Crippen LogP contribution in [0.2, 0.25) is 0 Å². The summed E-state index contributed by atoms with van der Waals surface area (Å²) in [6, 6.07) is 7.38. The topological polar surface area (TPSA) is 77.0 Å². The van der Waals surface area contributed by atoms with E-state index in [1.165, 1.54) is 12.2 Å². The van der Waals surface area contributed by atoms with E-state index >= 15 is 0 Å². The van der Waals surface area contributed by atoms with Gasteiger partial charge in [-0.1, -0.05) is 18.7 Å². The van der Waals surface area contributed by atoms with E-state index in [9.17, 15) is 9.59 Å². The van der Waals surface area contributed by atoms with E-state index in [4.69, 9.17) is 4.79 Å². The van der Waals surface area contributed by atoms with Gasteiger partial charge >= 0.3 is 0 Å². The van der Waals surface area contributed by atoms with Crippen LogP contribution in [-0.4, -0.2) is 28.8 Å². The lowest BCUT2D eigenvalue weighted by molar-refractivity contribution is -0.104. The summed E-state index contributed by atoms with van der Waals surface area (Å²) in [5.74, 6) is 0. The highest BCUT2D eigenvalue weighted by atomic mass is 16.1. The van der Waals surface area contributed by atoms with Crippen molar-refractivity contribution < 1.29 is 14.4 Å². The van der Waals surface area contributed by atoms with Gasteiger partial charge in [-0.05, 0) is 55.3 Å². The lowest BCUT2D eigenvalue weighted by atomic mass is 10.2. The Morgan fingerprint density at radius 3 is 1.67 bits per heavy atom. The number of hydrogen-bond acceptors (Lipinski definition) is 5. The molecule has 0 N–H and O–H groups in total. The highest BCUT2D eigenvalue weighted by Gasteiger charge is 1.87. The second kappa shape index (κ2) is 13.5. The molecule has 2 aromatic heterocycles. The highest BCUT2D eigenvalue weighted by Crippen LogP contribution is 1.99. The average Bonchev–Trinajstić information content (AvgIpc) is 2.63. The molecule has 2 heterocycles. The number of aryl methyl sites for hydroxylation is 2. The number of carbonyl (C=O) groups is 3. The molecule has 0 saturated carbocycles. The quantitative estimate of drug-likeness (QED) is 0.637. The first-order valence-electron chi connectivity index (χ1n) is 7.06. The van der Waals surface area contributed by atoms with Gasteiger partial charge < -0.3 is 0 Å². The molecule has 0 aromatic carbocycles. The monoisotopic (exact) mass is 324 g/mol. The fourth-order valence-corrected chi connectivity index (χ4v) is 1.26. The van der Waals surface area contributed by atoms with E-state index in [-0.39, 0.29) is 0 Å². The number of hydrogen-bond donors (Lipinski definition) is 0. The molecule has 124 valence electrons. The van der Waals surface area contributed by atoms with Gasteiger partial charge in [0.25, 0.3) is 0 Å². The molecule has 0 aliphatic rings. The summed E-state index contributed by atoms with van der Waals surface area (Å²) in [7, 11) is 0. The maximum atomic E-state index is 10.1. The summed E-state index contributed by atoms with van der Waals surface area (Å²) in [6.45, 7) is 7.02. The van der Waals surface area contributed by atoms with E-state index in [2.05, 4.69) is 16.5 Å². The second-order valence-corrected chi connectivity index (χ2v) is 4.51. The first-order valence-corrected chi connectivity index (χ1v) is 7.06. The Bertz CT molecular complexity index is 654. The molecule has 0 aliphatic carbocycles. The summed E-state index contributed by atoms with van der Waals surface area (Å²) in [5.41, 5.74) is 3.48. The number of nitrogens with zero attached hydrogens (tertiary/aromatic N) is 2. The van der Waals surface area contributed by atoms with Crippen LogP contribution in [0.25, 0.3) is 6.08 Å². The minimum atomic E-state index is 0.487. The second-order valence-electron chi connectivity index (χ2n) is 4.51. The Morgan fingerprint density at radius 1 is 0.833 bits per heavy atom. The summed E-state index contributed by atoms with van der Waals surface area (Å²) >= 11 is 0. The smallest absolute Gasteiger partial charge is 0.168 e. The molecular weight excluding hydrogens is 304 g/mol. The molecule has 0 radical (unpaired) electrons. The van der Waals surface area contributed by atoms with Gasteiger partial charge in [-0.3, -0.25) is 24.4 Å². The van der Waals surface area contributed by atoms with Crippen molar-refractivity contribution in [1.29, 1.82) is 0 Å². The Kier molecular flexibility index (Phi) is 11.7. The molecule has 0 fully saturated rings. The number of carbonyl (C=O) groups excluding carboxylic acids is 3. The molecule has 0 saturated heterocycles. The van der Waals surface area contributed by atoms with Crippen molar-refractivity contribution in [3.63, 3.8) is 0 Å². The van der Waals surface area contributed by atoms with E-state index in [1.54, 1.807) is 24.5 Å². The molecule has 0 spiro atoms. The zero-order chi connectivity index (χ0) is 18.2. The predicted octanol–water partition coefficient (Wildman–Crippen LogP) is 3.18. The van der Waals surface area contributed by atoms with Gasteiger partial charge in [0.1, 0.15) is 18.3 Å². The van der Waals surface area contributed by atoms with Gasteiger partial charge in [0.05, 0.1) is 5.69 Å². The Balaban J connectivity index is 0.000000367. The molecule has 5 nitrogen and oxygen atoms in total. The Morgan fingerprint density at radius 2 is 1.33 bits per heavy atom. The lowest BCUT2D eigenvalue weighted by Crippen LogP contribution is -1.84. The van der Waals surface area contributed by atoms with Gasteiger partial charge in [-0.25, -0.2) is 0 Å². The minimum Gasteiger partial charge on any atom is -0.299 e. The van der Waals surface area contributed by atoms with Crippen molar-refractivity contribution in [2.24, 2.45) is 0 Å². The van der Waals surface area contributed by atoms with Crippen LogP contribution in [0.3, 0.4) is 0 Å². The normalized spacial score (nSPS) is 8.92. The third-order valence-electron chi connectivity index (χ3n) is 2.43. The molecule has 0 unspecified atom stereocenters. The maximum absolute atomic E-state index is 10.1. The highest BCUT2D eigenvalue weighted by molar-refractivity contribution is 5.73. The van der Waals surface area contributed by atoms with Gasteiger partial charge in [-0.2, -0.15) is 0 Å². The minimum absolute atomic E-state index is 0.487. The van der Waals surface area contributed by atoms with Gasteiger partial charge in [-0.15, -0.1) is 0 Å². The third-order valence-corrected chi connectivity index (χ3v) is 2.43. The molecule has 0 bridgehead atoms. The van der Waals surface area contributed by atoms with E-state index in [1.807, 2.05) is 32.0 Å². The van der Waals surface area contributed by atoms with Crippen LogP contribution in [0, 0.1) is 13.8 Å². The van der Waals surface area contributed by atoms with Crippen LogP contribution in [-0.2, 0) is 9.59 Å². The van der Waals surface area contributed by atoms with Crippen molar-refractivity contribution in [2.45, 2.75) is 13.8 Å². The van der Waals surface area contributed by atoms with E-state index in [0.717, 1.165) is 29.4 Å². The Hall–Kier alpha value is -3.21. The summed E-state index contributed by atoms with van der Waals surface area (Å²) in [6.07, 6.45) is 9.85. The Labute approximate surface area is 141 Å². The number of aldehydes is 3. The first-order chi connectivity index (χ1) is 11.6.